The Morgan fingerprint density at radius 2 is 2.24 bits per heavy atom. The molecule has 1 unspecified atom stereocenters. The first kappa shape index (κ1) is 13.9. The zero-order valence-corrected chi connectivity index (χ0v) is 11.3. The number of aromatic nitrogens is 4. The molecule has 0 N–H and O–H groups in total. The van der Waals surface area contributed by atoms with Crippen molar-refractivity contribution in [2.45, 2.75) is 44.5 Å². The first-order valence-electron chi connectivity index (χ1n) is 5.21. The quantitative estimate of drug-likeness (QED) is 0.479. The van der Waals surface area contributed by atoms with E-state index in [1.165, 1.54) is 9.75 Å². The van der Waals surface area contributed by atoms with E-state index in [0.717, 1.165) is 0 Å². The maximum absolute atomic E-state index is 10.9. The number of hydrogen-bond acceptors (Lipinski definition) is 6. The molecule has 1 heterocycles. The number of nitrogens with zero attached hydrogens (tertiary/aromatic N) is 5. The van der Waals surface area contributed by atoms with Gasteiger partial charge in [-0.3, -0.25) is 9.63 Å². The molecule has 0 aliphatic carbocycles. The standard InChI is InChI=1S/C9H17N5O2S/c1-7(14-8(17)10-11-12-14)5-13(6-15)16-9(2,3)4/h6-7H,5H2,1-4H3,(H,10,12,17). The van der Waals surface area contributed by atoms with Crippen molar-refractivity contribution in [3.05, 3.63) is 0 Å². The molecule has 7 nitrogen and oxygen atoms in total. The predicted octanol–water partition coefficient (Wildman–Crippen LogP) is 0.711. The lowest BCUT2D eigenvalue weighted by atomic mass is 10.2. The van der Waals surface area contributed by atoms with Crippen molar-refractivity contribution in [3.8, 4) is 0 Å². The highest BCUT2D eigenvalue weighted by molar-refractivity contribution is 7.80. The number of thiol groups is 1. The molecule has 0 aliphatic rings. The van der Waals surface area contributed by atoms with Gasteiger partial charge in [0.15, 0.2) is 0 Å². The topological polar surface area (TPSA) is 73.1 Å². The number of hydroxylamine groups is 2. The van der Waals surface area contributed by atoms with E-state index in [0.29, 0.717) is 18.1 Å². The van der Waals surface area contributed by atoms with Gasteiger partial charge in [0, 0.05) is 0 Å². The van der Waals surface area contributed by atoms with Crippen LogP contribution in [0.15, 0.2) is 5.16 Å². The normalized spacial score (nSPS) is 13.5. The van der Waals surface area contributed by atoms with Crippen LogP contribution in [0.3, 0.4) is 0 Å². The Hall–Kier alpha value is -1.15. The molecule has 1 aromatic rings. The van der Waals surface area contributed by atoms with E-state index in [1.807, 2.05) is 27.7 Å². The zero-order valence-electron chi connectivity index (χ0n) is 10.4. The van der Waals surface area contributed by atoms with Crippen LogP contribution in [0.25, 0.3) is 0 Å². The van der Waals surface area contributed by atoms with Gasteiger partial charge in [0.1, 0.15) is 0 Å². The summed E-state index contributed by atoms with van der Waals surface area (Å²) in [5, 5.41) is 12.6. The third-order valence-electron chi connectivity index (χ3n) is 1.85. The molecule has 0 aliphatic heterocycles. The van der Waals surface area contributed by atoms with Gasteiger partial charge < -0.3 is 0 Å². The summed E-state index contributed by atoms with van der Waals surface area (Å²) in [5.41, 5.74) is -0.426. The van der Waals surface area contributed by atoms with Gasteiger partial charge in [-0.05, 0) is 38.1 Å². The second-order valence-corrected chi connectivity index (χ2v) is 5.08. The summed E-state index contributed by atoms with van der Waals surface area (Å²) in [6, 6.07) is -0.120. The summed E-state index contributed by atoms with van der Waals surface area (Å²) >= 11 is 4.11. The summed E-state index contributed by atoms with van der Waals surface area (Å²) in [6.07, 6.45) is 0.643. The molecule has 1 amide bonds. The molecule has 17 heavy (non-hydrogen) atoms. The van der Waals surface area contributed by atoms with E-state index in [1.54, 1.807) is 0 Å². The first-order valence-corrected chi connectivity index (χ1v) is 5.66. The highest BCUT2D eigenvalue weighted by Gasteiger charge is 2.20. The second kappa shape index (κ2) is 5.46. The first-order chi connectivity index (χ1) is 7.83. The number of tetrazole rings is 1. The maximum Gasteiger partial charge on any atom is 0.233 e. The summed E-state index contributed by atoms with van der Waals surface area (Å²) in [4.78, 5) is 16.3. The molecular formula is C9H17N5O2S. The Morgan fingerprint density at radius 3 is 2.65 bits per heavy atom. The Morgan fingerprint density at radius 1 is 1.59 bits per heavy atom. The molecule has 1 atom stereocenters. The van der Waals surface area contributed by atoms with Crippen molar-refractivity contribution in [3.63, 3.8) is 0 Å². The molecule has 0 fully saturated rings. The third-order valence-corrected chi connectivity index (χ3v) is 2.14. The smallest absolute Gasteiger partial charge is 0.233 e. The number of carbonyl (C=O) groups excluding carboxylic acids is 1. The van der Waals surface area contributed by atoms with E-state index in [-0.39, 0.29) is 6.04 Å². The van der Waals surface area contributed by atoms with E-state index in [9.17, 15) is 4.79 Å². The van der Waals surface area contributed by atoms with Gasteiger partial charge >= 0.3 is 0 Å². The lowest BCUT2D eigenvalue weighted by molar-refractivity contribution is -0.219. The Bertz CT molecular complexity index is 376. The minimum atomic E-state index is -0.426. The molecule has 0 saturated heterocycles. The van der Waals surface area contributed by atoms with Crippen molar-refractivity contribution in [2.24, 2.45) is 0 Å². The van der Waals surface area contributed by atoms with Crippen molar-refractivity contribution in [1.29, 1.82) is 0 Å². The van der Waals surface area contributed by atoms with Crippen LogP contribution in [-0.2, 0) is 9.63 Å². The van der Waals surface area contributed by atoms with Crippen LogP contribution >= 0.6 is 12.6 Å². The van der Waals surface area contributed by atoms with Gasteiger partial charge in [-0.1, -0.05) is 0 Å². The molecule has 1 aromatic heterocycles. The van der Waals surface area contributed by atoms with Crippen molar-refractivity contribution in [1.82, 2.24) is 25.3 Å². The van der Waals surface area contributed by atoms with E-state index >= 15 is 0 Å². The highest BCUT2D eigenvalue weighted by atomic mass is 32.1. The Labute approximate surface area is 105 Å². The van der Waals surface area contributed by atoms with Crippen LogP contribution in [0.4, 0.5) is 0 Å². The molecule has 0 spiro atoms. The number of amides is 1. The monoisotopic (exact) mass is 259 g/mol. The molecule has 96 valence electrons. The minimum Gasteiger partial charge on any atom is -0.276 e. The summed E-state index contributed by atoms with van der Waals surface area (Å²) in [7, 11) is 0. The van der Waals surface area contributed by atoms with E-state index < -0.39 is 5.60 Å². The fraction of sp³-hybridized carbons (Fsp3) is 0.778. The lowest BCUT2D eigenvalue weighted by Crippen LogP contribution is -2.36. The van der Waals surface area contributed by atoms with Gasteiger partial charge in [-0.2, -0.15) is 0 Å². The van der Waals surface area contributed by atoms with Crippen LogP contribution in [0.2, 0.25) is 0 Å². The molecule has 1 rings (SSSR count). The fourth-order valence-corrected chi connectivity index (χ4v) is 1.54. The lowest BCUT2D eigenvalue weighted by Gasteiger charge is -2.28. The highest BCUT2D eigenvalue weighted by Crippen LogP contribution is 2.14. The van der Waals surface area contributed by atoms with Crippen molar-refractivity contribution in [2.75, 3.05) is 6.54 Å². The van der Waals surface area contributed by atoms with Crippen LogP contribution in [0.5, 0.6) is 0 Å². The predicted molar refractivity (Wildman–Crippen MR) is 63.4 cm³/mol. The molecular weight excluding hydrogens is 242 g/mol. The largest absolute Gasteiger partial charge is 0.276 e. The average Bonchev–Trinajstić information content (AvgIpc) is 2.61. The number of carbonyl (C=O) groups is 1. The fourth-order valence-electron chi connectivity index (χ4n) is 1.27. The average molecular weight is 259 g/mol. The summed E-state index contributed by atoms with van der Waals surface area (Å²) < 4.78 is 1.52. The van der Waals surface area contributed by atoms with Crippen molar-refractivity contribution >= 4 is 19.0 Å². The minimum absolute atomic E-state index is 0.120. The van der Waals surface area contributed by atoms with Crippen LogP contribution in [-0.4, -0.2) is 43.8 Å². The van der Waals surface area contributed by atoms with E-state index in [2.05, 4.69) is 28.2 Å². The number of hydrogen-bond donors (Lipinski definition) is 1. The summed E-state index contributed by atoms with van der Waals surface area (Å²) in [5.74, 6) is 0. The molecule has 0 saturated carbocycles. The Kier molecular flexibility index (Phi) is 4.47. The van der Waals surface area contributed by atoms with Gasteiger partial charge in [-0.25, -0.2) is 9.75 Å². The zero-order chi connectivity index (χ0) is 13.1. The third kappa shape index (κ3) is 4.31. The molecule has 0 radical (unpaired) electrons. The van der Waals surface area contributed by atoms with E-state index in [4.69, 9.17) is 4.84 Å². The van der Waals surface area contributed by atoms with Crippen molar-refractivity contribution < 1.29 is 9.63 Å². The number of rotatable bonds is 5. The van der Waals surface area contributed by atoms with Crippen LogP contribution in [0, 0.1) is 0 Å². The van der Waals surface area contributed by atoms with Gasteiger partial charge in [0.05, 0.1) is 18.2 Å². The van der Waals surface area contributed by atoms with Gasteiger partial charge in [0.2, 0.25) is 11.6 Å². The Balaban J connectivity index is 2.63. The van der Waals surface area contributed by atoms with Gasteiger partial charge in [0.25, 0.3) is 0 Å². The summed E-state index contributed by atoms with van der Waals surface area (Å²) in [6.45, 7) is 7.83. The van der Waals surface area contributed by atoms with Gasteiger partial charge in [-0.15, -0.1) is 17.7 Å². The maximum atomic E-state index is 10.9. The SMILES string of the molecule is CC(CN(C=O)OC(C)(C)C)n1nnnc1S. The molecule has 0 aromatic carbocycles. The second-order valence-electron chi connectivity index (χ2n) is 4.68. The van der Waals surface area contributed by atoms with Crippen LogP contribution < -0.4 is 0 Å². The molecule has 0 bridgehead atoms. The van der Waals surface area contributed by atoms with Crippen LogP contribution in [0.1, 0.15) is 33.7 Å². The molecule has 8 heteroatoms.